The number of piperazine rings is 1. The fraction of sp³-hybridized carbons (Fsp3) is 0.750. The molecule has 2 fully saturated rings. The van der Waals surface area contributed by atoms with Crippen molar-refractivity contribution in [1.82, 2.24) is 10.2 Å². The van der Waals surface area contributed by atoms with Gasteiger partial charge in [-0.1, -0.05) is 19.8 Å². The molecule has 0 amide bonds. The van der Waals surface area contributed by atoms with Crippen molar-refractivity contribution in [3.05, 3.63) is 20.8 Å². The van der Waals surface area contributed by atoms with E-state index in [4.69, 9.17) is 0 Å². The van der Waals surface area contributed by atoms with Gasteiger partial charge in [-0.25, -0.2) is 0 Å². The third-order valence-corrected chi connectivity index (χ3v) is 7.31. The van der Waals surface area contributed by atoms with Gasteiger partial charge in [0.25, 0.3) is 0 Å². The summed E-state index contributed by atoms with van der Waals surface area (Å²) in [7, 11) is 0. The molecular weight excluding hydrogens is 332 g/mol. The maximum atomic E-state index is 3.85. The van der Waals surface area contributed by atoms with Gasteiger partial charge in [-0.15, -0.1) is 11.3 Å². The maximum absolute atomic E-state index is 3.85. The maximum Gasteiger partial charge on any atom is 0.0346 e. The number of halogens is 1. The molecule has 1 unspecified atom stereocenters. The molecule has 1 saturated heterocycles. The lowest BCUT2D eigenvalue weighted by molar-refractivity contribution is 0.00593. The monoisotopic (exact) mass is 356 g/mol. The lowest BCUT2D eigenvalue weighted by Crippen LogP contribution is -2.67. The molecule has 20 heavy (non-hydrogen) atoms. The van der Waals surface area contributed by atoms with E-state index in [-0.39, 0.29) is 5.54 Å². The summed E-state index contributed by atoms with van der Waals surface area (Å²) >= 11 is 5.59. The van der Waals surface area contributed by atoms with Gasteiger partial charge in [-0.2, -0.15) is 0 Å². The lowest BCUT2D eigenvalue weighted by Gasteiger charge is -2.52. The fourth-order valence-corrected chi connectivity index (χ4v) is 5.22. The highest BCUT2D eigenvalue weighted by Gasteiger charge is 2.46. The van der Waals surface area contributed by atoms with Crippen molar-refractivity contribution < 1.29 is 0 Å². The molecule has 2 aliphatic rings. The first kappa shape index (κ1) is 15.0. The minimum Gasteiger partial charge on any atom is -0.308 e. The van der Waals surface area contributed by atoms with Crippen LogP contribution in [0, 0.1) is 0 Å². The highest BCUT2D eigenvalue weighted by atomic mass is 79.9. The molecule has 1 aromatic heterocycles. The van der Waals surface area contributed by atoms with Crippen LogP contribution in [0.4, 0.5) is 0 Å². The summed E-state index contributed by atoms with van der Waals surface area (Å²) in [6.07, 6.45) is 6.72. The molecule has 1 aliphatic heterocycles. The van der Waals surface area contributed by atoms with Gasteiger partial charge in [0.15, 0.2) is 0 Å². The van der Waals surface area contributed by atoms with Crippen LogP contribution in [0.1, 0.15) is 50.8 Å². The van der Waals surface area contributed by atoms with E-state index in [9.17, 15) is 0 Å². The van der Waals surface area contributed by atoms with E-state index in [0.29, 0.717) is 5.54 Å². The highest BCUT2D eigenvalue weighted by Crippen LogP contribution is 2.40. The molecule has 1 spiro atoms. The molecule has 1 aromatic rings. The van der Waals surface area contributed by atoms with Crippen molar-refractivity contribution in [3.63, 3.8) is 0 Å². The van der Waals surface area contributed by atoms with E-state index >= 15 is 0 Å². The number of rotatable bonds is 3. The summed E-state index contributed by atoms with van der Waals surface area (Å²) in [5.74, 6) is 0. The summed E-state index contributed by atoms with van der Waals surface area (Å²) in [5, 5.41) is 6.05. The van der Waals surface area contributed by atoms with E-state index < -0.39 is 0 Å². The summed E-state index contributed by atoms with van der Waals surface area (Å²) in [5.41, 5.74) is 0.690. The normalized spacial score (nSPS) is 30.1. The molecule has 2 heterocycles. The Bertz CT molecular complexity index is 467. The number of nitrogens with zero attached hydrogens (tertiary/aromatic N) is 1. The van der Waals surface area contributed by atoms with Crippen molar-refractivity contribution >= 4 is 27.3 Å². The van der Waals surface area contributed by atoms with Gasteiger partial charge in [-0.05, 0) is 53.6 Å². The zero-order chi connectivity index (χ0) is 14.2. The zero-order valence-corrected chi connectivity index (χ0v) is 14.9. The third kappa shape index (κ3) is 2.72. The van der Waals surface area contributed by atoms with Gasteiger partial charge in [0.2, 0.25) is 0 Å². The average Bonchev–Trinajstić information content (AvgIpc) is 3.06. The van der Waals surface area contributed by atoms with Crippen LogP contribution >= 0.6 is 27.3 Å². The average molecular weight is 357 g/mol. The smallest absolute Gasteiger partial charge is 0.0346 e. The van der Waals surface area contributed by atoms with Crippen LogP contribution in [-0.4, -0.2) is 29.1 Å². The minimum absolute atomic E-state index is 0.275. The summed E-state index contributed by atoms with van der Waals surface area (Å²) in [4.78, 5) is 4.27. The molecule has 4 heteroatoms. The van der Waals surface area contributed by atoms with E-state index in [1.807, 2.05) is 11.3 Å². The Morgan fingerprint density at radius 1 is 1.40 bits per heavy atom. The lowest BCUT2D eigenvalue weighted by atomic mass is 9.85. The molecule has 1 aliphatic carbocycles. The largest absolute Gasteiger partial charge is 0.308 e. The third-order valence-electron chi connectivity index (χ3n) is 5.39. The Morgan fingerprint density at radius 3 is 2.75 bits per heavy atom. The van der Waals surface area contributed by atoms with Crippen LogP contribution in [0.25, 0.3) is 0 Å². The predicted molar refractivity (Wildman–Crippen MR) is 90.3 cm³/mol. The number of hydrogen-bond donors (Lipinski definition) is 1. The molecule has 112 valence electrons. The second-order valence-corrected chi connectivity index (χ2v) is 8.60. The Hall–Kier alpha value is 0.1000. The van der Waals surface area contributed by atoms with Crippen molar-refractivity contribution in [3.8, 4) is 0 Å². The molecule has 1 atom stereocenters. The van der Waals surface area contributed by atoms with E-state index in [1.165, 1.54) is 54.5 Å². The molecule has 0 bridgehead atoms. The predicted octanol–water partition coefficient (Wildman–Crippen LogP) is 4.40. The molecule has 0 radical (unpaired) electrons. The standard InChI is InChI=1S/C16H25BrN2S/c1-3-15(2)12-19(10-14-13(17)6-9-20-14)16(11-18-15)7-4-5-8-16/h6,9,18H,3-5,7-8,10-12H2,1-2H3. The van der Waals surface area contributed by atoms with Crippen LogP contribution < -0.4 is 5.32 Å². The van der Waals surface area contributed by atoms with Crippen molar-refractivity contribution in [2.24, 2.45) is 0 Å². The highest BCUT2D eigenvalue weighted by molar-refractivity contribution is 9.10. The number of hydrogen-bond acceptors (Lipinski definition) is 3. The van der Waals surface area contributed by atoms with E-state index in [0.717, 1.165) is 6.54 Å². The minimum atomic E-state index is 0.275. The summed E-state index contributed by atoms with van der Waals surface area (Å²) in [6.45, 7) is 8.13. The second-order valence-electron chi connectivity index (χ2n) is 6.75. The van der Waals surface area contributed by atoms with Crippen molar-refractivity contribution in [2.75, 3.05) is 13.1 Å². The van der Waals surface area contributed by atoms with Crippen LogP contribution in [0.15, 0.2) is 15.9 Å². The molecule has 1 N–H and O–H groups in total. The number of thiophene rings is 1. The first-order chi connectivity index (χ1) is 9.57. The van der Waals surface area contributed by atoms with Crippen LogP contribution in [-0.2, 0) is 6.54 Å². The van der Waals surface area contributed by atoms with Gasteiger partial charge in [0, 0.05) is 40.1 Å². The Kier molecular flexibility index (Phi) is 4.29. The van der Waals surface area contributed by atoms with Gasteiger partial charge in [0.1, 0.15) is 0 Å². The quantitative estimate of drug-likeness (QED) is 0.863. The van der Waals surface area contributed by atoms with Crippen LogP contribution in [0.5, 0.6) is 0 Å². The van der Waals surface area contributed by atoms with Gasteiger partial charge < -0.3 is 5.32 Å². The van der Waals surface area contributed by atoms with Gasteiger partial charge in [0.05, 0.1) is 0 Å². The zero-order valence-electron chi connectivity index (χ0n) is 12.5. The Morgan fingerprint density at radius 2 is 2.15 bits per heavy atom. The molecule has 0 aromatic carbocycles. The van der Waals surface area contributed by atoms with Crippen molar-refractivity contribution in [2.45, 2.75) is 63.6 Å². The fourth-order valence-electron chi connectivity index (χ4n) is 3.73. The van der Waals surface area contributed by atoms with Gasteiger partial charge >= 0.3 is 0 Å². The van der Waals surface area contributed by atoms with Crippen LogP contribution in [0.3, 0.4) is 0 Å². The van der Waals surface area contributed by atoms with E-state index in [1.54, 1.807) is 0 Å². The molecule has 3 rings (SSSR count). The SMILES string of the molecule is CCC1(C)CN(Cc2sccc2Br)C2(CCCC2)CN1. The molecule has 2 nitrogen and oxygen atoms in total. The Labute approximate surface area is 135 Å². The first-order valence-electron chi connectivity index (χ1n) is 7.79. The van der Waals surface area contributed by atoms with Gasteiger partial charge in [-0.3, -0.25) is 4.90 Å². The molecular formula is C16H25BrN2S. The topological polar surface area (TPSA) is 15.3 Å². The Balaban J connectivity index is 1.83. The summed E-state index contributed by atoms with van der Waals surface area (Å²) < 4.78 is 1.28. The van der Waals surface area contributed by atoms with E-state index in [2.05, 4.69) is 51.4 Å². The second kappa shape index (κ2) is 5.71. The van der Waals surface area contributed by atoms with Crippen LogP contribution in [0.2, 0.25) is 0 Å². The summed E-state index contributed by atoms with van der Waals surface area (Å²) in [6, 6.07) is 2.18. The molecule has 1 saturated carbocycles. The number of nitrogens with one attached hydrogen (secondary N) is 1. The first-order valence-corrected chi connectivity index (χ1v) is 9.46. The van der Waals surface area contributed by atoms with Crippen molar-refractivity contribution in [1.29, 1.82) is 0 Å².